The first-order valence-electron chi connectivity index (χ1n) is 5.49. The van der Waals surface area contributed by atoms with Crippen molar-refractivity contribution in [2.24, 2.45) is 11.7 Å². The molecule has 1 aliphatic carbocycles. The molecule has 2 nitrogen and oxygen atoms in total. The molecule has 2 rings (SSSR count). The smallest absolute Gasteiger partial charge is 0.124 e. The van der Waals surface area contributed by atoms with E-state index < -0.39 is 0 Å². The van der Waals surface area contributed by atoms with E-state index in [2.05, 4.69) is 0 Å². The van der Waals surface area contributed by atoms with Crippen LogP contribution in [-0.4, -0.2) is 23.0 Å². The summed E-state index contributed by atoms with van der Waals surface area (Å²) in [6.07, 6.45) is 2.31. The molecular weight excluding hydrogens is 225 g/mol. The van der Waals surface area contributed by atoms with E-state index in [0.717, 1.165) is 17.7 Å². The van der Waals surface area contributed by atoms with Gasteiger partial charge in [-0.1, -0.05) is 6.07 Å². The molecule has 16 heavy (non-hydrogen) atoms. The van der Waals surface area contributed by atoms with E-state index in [9.17, 15) is 9.50 Å². The zero-order valence-corrected chi connectivity index (χ0v) is 9.79. The SMILES string of the molecule is NC(C1CC1)C(CO)Sc1cccc(F)c1. The monoisotopic (exact) mass is 241 g/mol. The lowest BCUT2D eigenvalue weighted by Gasteiger charge is -2.21. The van der Waals surface area contributed by atoms with Crippen LogP contribution in [0.4, 0.5) is 4.39 Å². The predicted molar refractivity (Wildman–Crippen MR) is 63.8 cm³/mol. The van der Waals surface area contributed by atoms with Crippen molar-refractivity contribution >= 4 is 11.8 Å². The van der Waals surface area contributed by atoms with E-state index >= 15 is 0 Å². The van der Waals surface area contributed by atoms with E-state index in [1.807, 2.05) is 6.07 Å². The number of hydrogen-bond acceptors (Lipinski definition) is 3. The minimum Gasteiger partial charge on any atom is -0.395 e. The molecule has 0 aromatic heterocycles. The molecule has 0 amide bonds. The molecule has 0 saturated heterocycles. The van der Waals surface area contributed by atoms with Crippen LogP contribution in [0.15, 0.2) is 29.2 Å². The van der Waals surface area contributed by atoms with Gasteiger partial charge in [0.2, 0.25) is 0 Å². The Morgan fingerprint density at radius 3 is 2.81 bits per heavy atom. The van der Waals surface area contributed by atoms with Gasteiger partial charge >= 0.3 is 0 Å². The summed E-state index contributed by atoms with van der Waals surface area (Å²) in [4.78, 5) is 0.829. The summed E-state index contributed by atoms with van der Waals surface area (Å²) in [5.41, 5.74) is 6.05. The lowest BCUT2D eigenvalue weighted by molar-refractivity contribution is 0.277. The highest BCUT2D eigenvalue weighted by Gasteiger charge is 2.34. The summed E-state index contributed by atoms with van der Waals surface area (Å²) in [6.45, 7) is 0.0405. The summed E-state index contributed by atoms with van der Waals surface area (Å²) < 4.78 is 13.0. The van der Waals surface area contributed by atoms with Crippen LogP contribution in [0, 0.1) is 11.7 Å². The summed E-state index contributed by atoms with van der Waals surface area (Å²) in [5.74, 6) is 0.292. The maximum absolute atomic E-state index is 13.0. The molecule has 0 bridgehead atoms. The third kappa shape index (κ3) is 2.97. The Balaban J connectivity index is 2.00. The highest BCUT2D eigenvalue weighted by atomic mass is 32.2. The first kappa shape index (κ1) is 11.9. The van der Waals surface area contributed by atoms with Crippen molar-refractivity contribution < 1.29 is 9.50 Å². The Kier molecular flexibility index (Phi) is 3.84. The zero-order chi connectivity index (χ0) is 11.5. The second-order valence-electron chi connectivity index (χ2n) is 4.21. The lowest BCUT2D eigenvalue weighted by atomic mass is 10.1. The van der Waals surface area contributed by atoms with Crippen LogP contribution in [0.2, 0.25) is 0 Å². The summed E-state index contributed by atoms with van der Waals surface area (Å²) in [7, 11) is 0. The second-order valence-corrected chi connectivity index (χ2v) is 5.52. The molecule has 0 heterocycles. The van der Waals surface area contributed by atoms with Crippen LogP contribution in [0.25, 0.3) is 0 Å². The summed E-state index contributed by atoms with van der Waals surface area (Å²) in [5, 5.41) is 9.28. The van der Waals surface area contributed by atoms with Gasteiger partial charge in [0.05, 0.1) is 6.61 Å². The van der Waals surface area contributed by atoms with Gasteiger partial charge in [-0.15, -0.1) is 11.8 Å². The summed E-state index contributed by atoms with van der Waals surface area (Å²) >= 11 is 1.46. The number of aliphatic hydroxyl groups excluding tert-OH is 1. The highest BCUT2D eigenvalue weighted by molar-refractivity contribution is 8.00. The van der Waals surface area contributed by atoms with Gasteiger partial charge in [-0.25, -0.2) is 4.39 Å². The Bertz CT molecular complexity index is 357. The van der Waals surface area contributed by atoms with Gasteiger partial charge in [0.25, 0.3) is 0 Å². The third-order valence-corrected chi connectivity index (χ3v) is 4.15. The van der Waals surface area contributed by atoms with Gasteiger partial charge in [0.1, 0.15) is 5.82 Å². The molecule has 0 aliphatic heterocycles. The fraction of sp³-hybridized carbons (Fsp3) is 0.500. The Morgan fingerprint density at radius 1 is 1.50 bits per heavy atom. The first-order chi connectivity index (χ1) is 7.70. The Morgan fingerprint density at radius 2 is 2.25 bits per heavy atom. The number of aliphatic hydroxyl groups is 1. The van der Waals surface area contributed by atoms with Crippen molar-refractivity contribution in [2.75, 3.05) is 6.61 Å². The summed E-state index contributed by atoms with van der Waals surface area (Å²) in [6, 6.07) is 6.43. The zero-order valence-electron chi connectivity index (χ0n) is 8.97. The number of hydrogen-bond donors (Lipinski definition) is 2. The molecule has 0 radical (unpaired) electrons. The Hall–Kier alpha value is -0.580. The minimum atomic E-state index is -0.248. The number of thioether (sulfide) groups is 1. The molecule has 2 atom stereocenters. The second kappa shape index (κ2) is 5.17. The molecule has 1 fully saturated rings. The molecule has 1 aromatic carbocycles. The number of rotatable bonds is 5. The molecule has 88 valence electrons. The van der Waals surface area contributed by atoms with Crippen molar-refractivity contribution in [3.63, 3.8) is 0 Å². The van der Waals surface area contributed by atoms with Gasteiger partial charge in [-0.2, -0.15) is 0 Å². The number of nitrogens with two attached hydrogens (primary N) is 1. The number of halogens is 1. The number of benzene rings is 1. The quantitative estimate of drug-likeness (QED) is 0.775. The van der Waals surface area contributed by atoms with Crippen molar-refractivity contribution in [1.29, 1.82) is 0 Å². The van der Waals surface area contributed by atoms with Crippen LogP contribution >= 0.6 is 11.8 Å². The van der Waals surface area contributed by atoms with E-state index in [0.29, 0.717) is 5.92 Å². The van der Waals surface area contributed by atoms with E-state index in [4.69, 9.17) is 5.73 Å². The van der Waals surface area contributed by atoms with Crippen molar-refractivity contribution in [1.82, 2.24) is 0 Å². The van der Waals surface area contributed by atoms with Crippen LogP contribution in [0.1, 0.15) is 12.8 Å². The van der Waals surface area contributed by atoms with E-state index in [1.54, 1.807) is 6.07 Å². The molecule has 1 saturated carbocycles. The van der Waals surface area contributed by atoms with Crippen molar-refractivity contribution in [3.8, 4) is 0 Å². The molecule has 3 N–H and O–H groups in total. The fourth-order valence-corrected chi connectivity index (χ4v) is 2.88. The normalized spacial score (nSPS) is 19.4. The van der Waals surface area contributed by atoms with Gasteiger partial charge in [-0.3, -0.25) is 0 Å². The van der Waals surface area contributed by atoms with Crippen molar-refractivity contribution in [2.45, 2.75) is 29.0 Å². The maximum Gasteiger partial charge on any atom is 0.124 e. The van der Waals surface area contributed by atoms with Gasteiger partial charge in [0.15, 0.2) is 0 Å². The van der Waals surface area contributed by atoms with Gasteiger partial charge < -0.3 is 10.8 Å². The standard InChI is InChI=1S/C12H16FNOS/c13-9-2-1-3-10(6-9)16-11(7-15)12(14)8-4-5-8/h1-3,6,8,11-12,15H,4-5,7,14H2. The lowest BCUT2D eigenvalue weighted by Crippen LogP contribution is -2.36. The molecule has 0 spiro atoms. The highest BCUT2D eigenvalue weighted by Crippen LogP contribution is 2.37. The van der Waals surface area contributed by atoms with Crippen LogP contribution in [-0.2, 0) is 0 Å². The van der Waals surface area contributed by atoms with Gasteiger partial charge in [0, 0.05) is 16.2 Å². The van der Waals surface area contributed by atoms with Crippen molar-refractivity contribution in [3.05, 3.63) is 30.1 Å². The molecule has 1 aromatic rings. The molecule has 4 heteroatoms. The topological polar surface area (TPSA) is 46.2 Å². The fourth-order valence-electron chi connectivity index (χ4n) is 1.74. The van der Waals surface area contributed by atoms with Crippen LogP contribution in [0.3, 0.4) is 0 Å². The first-order valence-corrected chi connectivity index (χ1v) is 6.37. The largest absolute Gasteiger partial charge is 0.395 e. The average Bonchev–Trinajstić information content (AvgIpc) is 3.09. The van der Waals surface area contributed by atoms with Gasteiger partial charge in [-0.05, 0) is 37.0 Å². The van der Waals surface area contributed by atoms with E-state index in [1.165, 1.54) is 23.9 Å². The van der Waals surface area contributed by atoms with Crippen LogP contribution in [0.5, 0.6) is 0 Å². The minimum absolute atomic E-state index is 0.0123. The van der Waals surface area contributed by atoms with E-state index in [-0.39, 0.29) is 23.7 Å². The third-order valence-electron chi connectivity index (χ3n) is 2.86. The maximum atomic E-state index is 13.0. The predicted octanol–water partition coefficient (Wildman–Crippen LogP) is 2.02. The molecular formula is C12H16FNOS. The Labute approximate surface area is 99.0 Å². The molecule has 2 unspecified atom stereocenters. The average molecular weight is 241 g/mol. The van der Waals surface area contributed by atoms with Crippen LogP contribution < -0.4 is 5.73 Å². The molecule has 1 aliphatic rings.